The average molecular weight is 343 g/mol. The van der Waals surface area contributed by atoms with Crippen LogP contribution in [0.1, 0.15) is 0 Å². The lowest BCUT2D eigenvalue weighted by molar-refractivity contribution is 0.425. The van der Waals surface area contributed by atoms with Gasteiger partial charge >= 0.3 is 7.12 Å². The summed E-state index contributed by atoms with van der Waals surface area (Å²) >= 11 is 10.9. The first-order valence-corrected chi connectivity index (χ1v) is 7.15. The summed E-state index contributed by atoms with van der Waals surface area (Å²) in [6.07, 6.45) is 0. The zero-order valence-electron chi connectivity index (χ0n) is 9.18. The van der Waals surface area contributed by atoms with E-state index in [9.17, 15) is 10.0 Å². The van der Waals surface area contributed by atoms with E-state index >= 15 is 0 Å². The van der Waals surface area contributed by atoms with E-state index in [0.717, 1.165) is 14.3 Å². The minimum Gasteiger partial charge on any atom is -0.423 e. The summed E-state index contributed by atoms with van der Waals surface area (Å²) in [5, 5.41) is 19.1. The van der Waals surface area contributed by atoms with Crippen LogP contribution in [0, 0.1) is 0 Å². The van der Waals surface area contributed by atoms with Crippen LogP contribution in [0.2, 0.25) is 5.02 Å². The average Bonchev–Trinajstić information content (AvgIpc) is 2.31. The molecule has 2 N–H and O–H groups in total. The smallest absolute Gasteiger partial charge is 0.423 e. The van der Waals surface area contributed by atoms with Gasteiger partial charge in [-0.15, -0.1) is 0 Å². The van der Waals surface area contributed by atoms with Crippen LogP contribution in [0.5, 0.6) is 0 Å². The molecule has 0 atom stereocenters. The highest BCUT2D eigenvalue weighted by Gasteiger charge is 2.20. The maximum atomic E-state index is 9.38. The van der Waals surface area contributed by atoms with Gasteiger partial charge in [-0.1, -0.05) is 41.6 Å². The first-order valence-electron chi connectivity index (χ1n) is 5.16. The second-order valence-corrected chi connectivity index (χ2v) is 5.90. The van der Waals surface area contributed by atoms with Crippen LogP contribution in [0.4, 0.5) is 0 Å². The Kier molecular flexibility index (Phi) is 4.75. The van der Waals surface area contributed by atoms with Gasteiger partial charge in [-0.25, -0.2) is 0 Å². The molecule has 0 bridgehead atoms. The van der Waals surface area contributed by atoms with Crippen LogP contribution < -0.4 is 5.46 Å². The van der Waals surface area contributed by atoms with E-state index in [1.54, 1.807) is 12.1 Å². The third kappa shape index (κ3) is 3.10. The molecular weight excluding hydrogens is 334 g/mol. The van der Waals surface area contributed by atoms with Crippen molar-refractivity contribution in [2.45, 2.75) is 9.79 Å². The zero-order valence-corrected chi connectivity index (χ0v) is 12.3. The van der Waals surface area contributed by atoms with Gasteiger partial charge in [0.25, 0.3) is 0 Å². The molecule has 18 heavy (non-hydrogen) atoms. The summed E-state index contributed by atoms with van der Waals surface area (Å²) in [6.45, 7) is 0. The van der Waals surface area contributed by atoms with Crippen LogP contribution in [-0.2, 0) is 0 Å². The summed E-state index contributed by atoms with van der Waals surface area (Å²) in [5.41, 5.74) is 0.333. The van der Waals surface area contributed by atoms with Gasteiger partial charge in [0.1, 0.15) is 0 Å². The van der Waals surface area contributed by atoms with Crippen LogP contribution in [0.15, 0.2) is 56.7 Å². The number of hydrogen-bond acceptors (Lipinski definition) is 3. The molecule has 0 aromatic heterocycles. The van der Waals surface area contributed by atoms with E-state index < -0.39 is 7.12 Å². The summed E-state index contributed by atoms with van der Waals surface area (Å²) in [5.74, 6) is 0. The van der Waals surface area contributed by atoms with Crippen LogP contribution in [-0.4, -0.2) is 17.2 Å². The molecule has 0 saturated heterocycles. The molecule has 0 aliphatic rings. The van der Waals surface area contributed by atoms with Gasteiger partial charge < -0.3 is 10.0 Å². The molecule has 2 rings (SSSR count). The molecule has 0 saturated carbocycles. The quantitative estimate of drug-likeness (QED) is 0.842. The Morgan fingerprint density at radius 3 is 2.33 bits per heavy atom. The Morgan fingerprint density at radius 2 is 1.67 bits per heavy atom. The lowest BCUT2D eigenvalue weighted by Gasteiger charge is -2.11. The molecular formula is C12H9BBrClO2S. The minimum atomic E-state index is -1.58. The zero-order chi connectivity index (χ0) is 13.1. The molecule has 0 amide bonds. The maximum Gasteiger partial charge on any atom is 0.491 e. The van der Waals surface area contributed by atoms with Crippen molar-refractivity contribution in [1.82, 2.24) is 0 Å². The van der Waals surface area contributed by atoms with Gasteiger partial charge in [0.05, 0.1) is 0 Å². The molecule has 2 nitrogen and oxygen atoms in total. The second-order valence-electron chi connectivity index (χ2n) is 3.56. The third-order valence-corrected chi connectivity index (χ3v) is 4.76. The fourth-order valence-electron chi connectivity index (χ4n) is 1.50. The van der Waals surface area contributed by atoms with E-state index in [1.165, 1.54) is 11.8 Å². The lowest BCUT2D eigenvalue weighted by Crippen LogP contribution is -2.32. The summed E-state index contributed by atoms with van der Waals surface area (Å²) < 4.78 is 0.952. The summed E-state index contributed by atoms with van der Waals surface area (Å²) in [4.78, 5) is 1.71. The highest BCUT2D eigenvalue weighted by molar-refractivity contribution is 9.10. The van der Waals surface area contributed by atoms with Gasteiger partial charge in [0.15, 0.2) is 0 Å². The highest BCUT2D eigenvalue weighted by atomic mass is 79.9. The molecule has 92 valence electrons. The highest BCUT2D eigenvalue weighted by Crippen LogP contribution is 2.33. The minimum absolute atomic E-state index is 0.333. The molecule has 2 aromatic rings. The van der Waals surface area contributed by atoms with Crippen LogP contribution in [0.25, 0.3) is 0 Å². The van der Waals surface area contributed by atoms with Gasteiger partial charge in [0.2, 0.25) is 0 Å². The van der Waals surface area contributed by atoms with Crippen molar-refractivity contribution in [2.24, 2.45) is 0 Å². The maximum absolute atomic E-state index is 9.38. The van der Waals surface area contributed by atoms with Gasteiger partial charge in [-0.05, 0) is 40.2 Å². The van der Waals surface area contributed by atoms with Crippen LogP contribution >= 0.6 is 39.3 Å². The standard InChI is InChI=1S/C12H9BBrClO2S/c14-8-4-1-2-6-10(8)18-11-7-3-5-9(15)12(11)13(16)17/h1-7,16-17H. The Hall–Kier alpha value is -0.455. The SMILES string of the molecule is OB(O)c1c(Cl)cccc1Sc1ccccc1Br. The third-order valence-electron chi connectivity index (χ3n) is 2.33. The van der Waals surface area contributed by atoms with Crippen molar-refractivity contribution < 1.29 is 10.0 Å². The monoisotopic (exact) mass is 342 g/mol. The van der Waals surface area contributed by atoms with Gasteiger partial charge in [-0.2, -0.15) is 0 Å². The Balaban J connectivity index is 2.41. The van der Waals surface area contributed by atoms with Gasteiger partial charge in [0, 0.05) is 24.7 Å². The normalized spacial score (nSPS) is 10.4. The van der Waals surface area contributed by atoms with Crippen LogP contribution in [0.3, 0.4) is 0 Å². The summed E-state index contributed by atoms with van der Waals surface area (Å²) in [6, 6.07) is 13.0. The van der Waals surface area contributed by atoms with Crippen molar-refractivity contribution in [3.05, 3.63) is 52.0 Å². The fourth-order valence-corrected chi connectivity index (χ4v) is 3.38. The van der Waals surface area contributed by atoms with E-state index in [1.807, 2.05) is 30.3 Å². The molecule has 0 spiro atoms. The lowest BCUT2D eigenvalue weighted by atomic mass is 9.80. The van der Waals surface area contributed by atoms with E-state index in [4.69, 9.17) is 11.6 Å². The second kappa shape index (κ2) is 6.13. The molecule has 0 fully saturated rings. The predicted octanol–water partition coefficient (Wildman–Crippen LogP) is 2.93. The molecule has 2 aromatic carbocycles. The van der Waals surface area contributed by atoms with Gasteiger partial charge in [-0.3, -0.25) is 0 Å². The molecule has 0 aliphatic carbocycles. The molecule has 0 heterocycles. The largest absolute Gasteiger partial charge is 0.491 e. The van der Waals surface area contributed by atoms with Crippen molar-refractivity contribution in [2.75, 3.05) is 0 Å². The predicted molar refractivity (Wildman–Crippen MR) is 79.5 cm³/mol. The number of rotatable bonds is 3. The molecule has 0 unspecified atom stereocenters. The molecule has 0 radical (unpaired) electrons. The number of halogens is 2. The first-order chi connectivity index (χ1) is 8.59. The molecule has 6 heteroatoms. The van der Waals surface area contributed by atoms with Crippen molar-refractivity contribution in [3.63, 3.8) is 0 Å². The number of benzene rings is 2. The number of hydrogen-bond donors (Lipinski definition) is 2. The van der Waals surface area contributed by atoms with E-state index in [0.29, 0.717) is 10.5 Å². The van der Waals surface area contributed by atoms with Crippen molar-refractivity contribution >= 4 is 51.9 Å². The first kappa shape index (κ1) is 14.0. The Morgan fingerprint density at radius 1 is 1.00 bits per heavy atom. The fraction of sp³-hybridized carbons (Fsp3) is 0. The van der Waals surface area contributed by atoms with E-state index in [2.05, 4.69) is 15.9 Å². The summed E-state index contributed by atoms with van der Waals surface area (Å²) in [7, 11) is -1.58. The topological polar surface area (TPSA) is 40.5 Å². The van der Waals surface area contributed by atoms with E-state index in [-0.39, 0.29) is 0 Å². The van der Waals surface area contributed by atoms with Crippen molar-refractivity contribution in [1.29, 1.82) is 0 Å². The van der Waals surface area contributed by atoms with Crippen molar-refractivity contribution in [3.8, 4) is 0 Å². The Labute approximate surface area is 123 Å². The molecule has 0 aliphatic heterocycles. The Bertz CT molecular complexity index is 566.